The Morgan fingerprint density at radius 3 is 2.27 bits per heavy atom. The van der Waals surface area contributed by atoms with Gasteiger partial charge in [0.1, 0.15) is 11.5 Å². The first-order chi connectivity index (χ1) is 12.5. The smallest absolute Gasteiger partial charge is 0.294 e. The van der Waals surface area contributed by atoms with Gasteiger partial charge in [0.15, 0.2) is 11.5 Å². The summed E-state index contributed by atoms with van der Waals surface area (Å²) in [6.45, 7) is 1.34. The lowest BCUT2D eigenvalue weighted by molar-refractivity contribution is -0.117. The molecule has 26 heavy (non-hydrogen) atoms. The molecular formula is C20H19NO5. The normalized spacial score (nSPS) is 16.8. The number of aliphatic hydroxyl groups excluding tert-OH is 1. The minimum absolute atomic E-state index is 0.0722. The predicted molar refractivity (Wildman–Crippen MR) is 96.6 cm³/mol. The molecule has 1 aliphatic rings. The Hall–Kier alpha value is -3.28. The van der Waals surface area contributed by atoms with Gasteiger partial charge in [-0.1, -0.05) is 18.2 Å². The number of hydrogen-bond acceptors (Lipinski definition) is 5. The molecule has 6 heteroatoms. The van der Waals surface area contributed by atoms with Gasteiger partial charge in [0.2, 0.25) is 0 Å². The molecule has 2 aromatic rings. The van der Waals surface area contributed by atoms with Crippen molar-refractivity contribution in [1.29, 1.82) is 0 Å². The molecule has 0 unspecified atom stereocenters. The minimum atomic E-state index is -0.724. The first kappa shape index (κ1) is 17.5. The fourth-order valence-electron chi connectivity index (χ4n) is 3.09. The van der Waals surface area contributed by atoms with Gasteiger partial charge < -0.3 is 14.6 Å². The van der Waals surface area contributed by atoms with Crippen molar-refractivity contribution in [2.75, 3.05) is 19.1 Å². The lowest BCUT2D eigenvalue weighted by Crippen LogP contribution is -2.30. The van der Waals surface area contributed by atoms with E-state index in [4.69, 9.17) is 9.47 Å². The molecule has 0 saturated carbocycles. The third kappa shape index (κ3) is 2.90. The fourth-order valence-corrected chi connectivity index (χ4v) is 3.09. The average molecular weight is 353 g/mol. The molecule has 0 radical (unpaired) electrons. The van der Waals surface area contributed by atoms with E-state index in [-0.39, 0.29) is 11.4 Å². The van der Waals surface area contributed by atoms with Gasteiger partial charge in [-0.25, -0.2) is 0 Å². The number of amides is 1. The summed E-state index contributed by atoms with van der Waals surface area (Å²) in [5, 5.41) is 10.3. The van der Waals surface area contributed by atoms with Gasteiger partial charge in [0, 0.05) is 11.8 Å². The van der Waals surface area contributed by atoms with Gasteiger partial charge in [-0.05, 0) is 36.8 Å². The van der Waals surface area contributed by atoms with E-state index in [0.29, 0.717) is 22.7 Å². The number of benzene rings is 2. The Bertz CT molecular complexity index is 885. The maximum Gasteiger partial charge on any atom is 0.294 e. The zero-order valence-electron chi connectivity index (χ0n) is 14.7. The molecule has 0 spiro atoms. The molecule has 3 rings (SSSR count). The number of Topliss-reactive ketones (excluding diaryl/α,β-unsaturated/α-hetero) is 1. The van der Waals surface area contributed by atoms with Crippen LogP contribution in [0.5, 0.6) is 11.5 Å². The second-order valence-electron chi connectivity index (χ2n) is 5.87. The zero-order chi connectivity index (χ0) is 18.8. The topological polar surface area (TPSA) is 76.1 Å². The third-order valence-corrected chi connectivity index (χ3v) is 4.35. The van der Waals surface area contributed by atoms with E-state index < -0.39 is 17.7 Å². The number of nitrogens with zero attached hydrogens (tertiary/aromatic N) is 1. The number of rotatable bonds is 5. The second-order valence-corrected chi connectivity index (χ2v) is 5.87. The summed E-state index contributed by atoms with van der Waals surface area (Å²) < 4.78 is 10.4. The molecule has 134 valence electrons. The van der Waals surface area contributed by atoms with E-state index >= 15 is 0 Å². The van der Waals surface area contributed by atoms with Crippen LogP contribution in [0.15, 0.2) is 59.9 Å². The number of anilines is 1. The van der Waals surface area contributed by atoms with Crippen LogP contribution in [0.3, 0.4) is 0 Å². The Kier molecular flexibility index (Phi) is 4.67. The third-order valence-electron chi connectivity index (χ3n) is 4.35. The minimum Gasteiger partial charge on any atom is -0.503 e. The lowest BCUT2D eigenvalue weighted by atomic mass is 9.96. The largest absolute Gasteiger partial charge is 0.503 e. The van der Waals surface area contributed by atoms with Crippen molar-refractivity contribution in [2.24, 2.45) is 0 Å². The number of ketones is 1. The van der Waals surface area contributed by atoms with Crippen LogP contribution in [-0.2, 0) is 9.59 Å². The monoisotopic (exact) mass is 353 g/mol. The van der Waals surface area contributed by atoms with Crippen molar-refractivity contribution in [1.82, 2.24) is 0 Å². The van der Waals surface area contributed by atoms with Crippen LogP contribution in [0.1, 0.15) is 18.5 Å². The van der Waals surface area contributed by atoms with Crippen LogP contribution < -0.4 is 14.4 Å². The Morgan fingerprint density at radius 2 is 1.69 bits per heavy atom. The summed E-state index contributed by atoms with van der Waals surface area (Å²) in [5.41, 5.74) is 1.29. The SMILES string of the molecule is COc1ccc([C@@H]2C(C(C)=O)=C(O)C(=O)N2c2cccc(OC)c2)cc1. The highest BCUT2D eigenvalue weighted by Gasteiger charge is 2.43. The first-order valence-corrected chi connectivity index (χ1v) is 8.03. The highest BCUT2D eigenvalue weighted by Crippen LogP contribution is 2.41. The Morgan fingerprint density at radius 1 is 1.04 bits per heavy atom. The second kappa shape index (κ2) is 6.92. The van der Waals surface area contributed by atoms with Gasteiger partial charge in [0.05, 0.1) is 25.8 Å². The molecule has 1 N–H and O–H groups in total. The molecule has 0 bridgehead atoms. The zero-order valence-corrected chi connectivity index (χ0v) is 14.7. The number of carbonyl (C=O) groups excluding carboxylic acids is 2. The maximum absolute atomic E-state index is 12.7. The van der Waals surface area contributed by atoms with Crippen molar-refractivity contribution in [3.05, 3.63) is 65.4 Å². The number of methoxy groups -OCH3 is 2. The number of hydrogen-bond donors (Lipinski definition) is 1. The molecule has 6 nitrogen and oxygen atoms in total. The van der Waals surface area contributed by atoms with E-state index in [2.05, 4.69) is 0 Å². The van der Waals surface area contributed by atoms with Crippen molar-refractivity contribution < 1.29 is 24.2 Å². The van der Waals surface area contributed by atoms with Crippen LogP contribution in [0.25, 0.3) is 0 Å². The molecule has 0 aliphatic carbocycles. The highest BCUT2D eigenvalue weighted by molar-refractivity contribution is 6.16. The molecule has 0 fully saturated rings. The summed E-state index contributed by atoms with van der Waals surface area (Å²) >= 11 is 0. The number of carbonyl (C=O) groups is 2. The molecule has 1 amide bonds. The summed E-state index contributed by atoms with van der Waals surface area (Å²) in [6.07, 6.45) is 0. The summed E-state index contributed by atoms with van der Waals surface area (Å²) in [4.78, 5) is 26.3. The number of aliphatic hydroxyl groups is 1. The van der Waals surface area contributed by atoms with E-state index in [1.807, 2.05) is 0 Å². The van der Waals surface area contributed by atoms with Crippen molar-refractivity contribution in [3.63, 3.8) is 0 Å². The van der Waals surface area contributed by atoms with Crippen LogP contribution in [0.4, 0.5) is 5.69 Å². The van der Waals surface area contributed by atoms with Crippen LogP contribution in [0, 0.1) is 0 Å². The summed E-state index contributed by atoms with van der Waals surface area (Å²) in [7, 11) is 3.09. The van der Waals surface area contributed by atoms with E-state index in [0.717, 1.165) is 0 Å². The molecule has 0 aromatic heterocycles. The molecular weight excluding hydrogens is 334 g/mol. The van der Waals surface area contributed by atoms with Gasteiger partial charge >= 0.3 is 0 Å². The summed E-state index contributed by atoms with van der Waals surface area (Å²) in [5.74, 6) is -0.282. The first-order valence-electron chi connectivity index (χ1n) is 8.03. The fraction of sp³-hybridized carbons (Fsp3) is 0.200. The van der Waals surface area contributed by atoms with E-state index in [1.165, 1.54) is 18.9 Å². The van der Waals surface area contributed by atoms with E-state index in [9.17, 15) is 14.7 Å². The van der Waals surface area contributed by atoms with Gasteiger partial charge in [-0.2, -0.15) is 0 Å². The predicted octanol–water partition coefficient (Wildman–Crippen LogP) is 3.19. The van der Waals surface area contributed by atoms with Gasteiger partial charge in [-0.3, -0.25) is 14.5 Å². The lowest BCUT2D eigenvalue weighted by Gasteiger charge is -2.27. The van der Waals surface area contributed by atoms with Crippen LogP contribution in [0.2, 0.25) is 0 Å². The van der Waals surface area contributed by atoms with Crippen molar-refractivity contribution >= 4 is 17.4 Å². The molecule has 2 aromatic carbocycles. The standard InChI is InChI=1S/C20H19NO5/c1-12(22)17-18(13-7-9-15(25-2)10-8-13)21(20(24)19(17)23)14-5-4-6-16(11-14)26-3/h4-11,18,23H,1-3H3/t18-/m1/s1. The molecule has 1 heterocycles. The van der Waals surface area contributed by atoms with Gasteiger partial charge in [-0.15, -0.1) is 0 Å². The van der Waals surface area contributed by atoms with Crippen LogP contribution >= 0.6 is 0 Å². The van der Waals surface area contributed by atoms with Gasteiger partial charge in [0.25, 0.3) is 5.91 Å². The maximum atomic E-state index is 12.7. The van der Waals surface area contributed by atoms with Crippen LogP contribution in [-0.4, -0.2) is 31.0 Å². The van der Waals surface area contributed by atoms with Crippen molar-refractivity contribution in [3.8, 4) is 11.5 Å². The van der Waals surface area contributed by atoms with Crippen molar-refractivity contribution in [2.45, 2.75) is 13.0 Å². The Balaban J connectivity index is 2.14. The number of ether oxygens (including phenoxy) is 2. The average Bonchev–Trinajstić information content (AvgIpc) is 2.93. The van der Waals surface area contributed by atoms with E-state index in [1.54, 1.807) is 55.6 Å². The summed E-state index contributed by atoms with van der Waals surface area (Å²) in [6, 6.07) is 13.2. The Labute approximate surface area is 151 Å². The molecule has 0 saturated heterocycles. The molecule has 1 aliphatic heterocycles. The highest BCUT2D eigenvalue weighted by atomic mass is 16.5. The molecule has 1 atom stereocenters. The quantitative estimate of drug-likeness (QED) is 0.893.